The zero-order valence-corrected chi connectivity index (χ0v) is 15.1. The molecule has 0 unspecified atom stereocenters. The Morgan fingerprint density at radius 3 is 2.14 bits per heavy atom. The highest BCUT2D eigenvalue weighted by Gasteiger charge is 2.37. The van der Waals surface area contributed by atoms with E-state index in [0.717, 1.165) is 6.42 Å². The van der Waals surface area contributed by atoms with E-state index in [2.05, 4.69) is 81.9 Å². The molecule has 0 bridgehead atoms. The lowest BCUT2D eigenvalue weighted by Crippen LogP contribution is -2.56. The van der Waals surface area contributed by atoms with Gasteiger partial charge in [0.1, 0.15) is 0 Å². The molecule has 1 aromatic carbocycles. The van der Waals surface area contributed by atoms with Gasteiger partial charge in [0.2, 0.25) is 0 Å². The Balaban J connectivity index is 2.43. The van der Waals surface area contributed by atoms with Crippen molar-refractivity contribution in [3.63, 3.8) is 0 Å². The molecule has 0 saturated carbocycles. The standard InChI is InChI=1S/C20H32N2/c1-7-20(8-2,22(15(3)4)16(5)6)13-17-14-21-19-12-10-9-11-18(17)19/h9-12,14-16,21H,7-8,13H2,1-6H3. The Kier molecular flexibility index (Phi) is 5.33. The normalized spacial score (nSPS) is 13.0. The maximum Gasteiger partial charge on any atom is 0.0456 e. The maximum atomic E-state index is 3.44. The maximum absolute atomic E-state index is 3.44. The van der Waals surface area contributed by atoms with E-state index in [4.69, 9.17) is 0 Å². The third-order valence-electron chi connectivity index (χ3n) is 5.17. The van der Waals surface area contributed by atoms with E-state index >= 15 is 0 Å². The third kappa shape index (κ3) is 3.08. The lowest BCUT2D eigenvalue weighted by atomic mass is 9.82. The number of aromatic nitrogens is 1. The molecular weight excluding hydrogens is 268 g/mol. The predicted octanol–water partition coefficient (Wildman–Crippen LogP) is 5.39. The minimum atomic E-state index is 0.229. The van der Waals surface area contributed by atoms with Gasteiger partial charge < -0.3 is 4.98 Å². The van der Waals surface area contributed by atoms with E-state index < -0.39 is 0 Å². The summed E-state index contributed by atoms with van der Waals surface area (Å²) in [7, 11) is 0. The van der Waals surface area contributed by atoms with Crippen LogP contribution in [0.2, 0.25) is 0 Å². The molecule has 2 nitrogen and oxygen atoms in total. The summed E-state index contributed by atoms with van der Waals surface area (Å²) in [5.74, 6) is 0. The molecule has 0 radical (unpaired) electrons. The van der Waals surface area contributed by atoms with Gasteiger partial charge in [0.15, 0.2) is 0 Å². The van der Waals surface area contributed by atoms with Gasteiger partial charge in [-0.15, -0.1) is 0 Å². The van der Waals surface area contributed by atoms with Crippen molar-refractivity contribution in [1.82, 2.24) is 9.88 Å². The first-order valence-corrected chi connectivity index (χ1v) is 8.78. The molecule has 0 atom stereocenters. The van der Waals surface area contributed by atoms with Crippen molar-refractivity contribution in [1.29, 1.82) is 0 Å². The van der Waals surface area contributed by atoms with Crippen LogP contribution in [-0.4, -0.2) is 27.5 Å². The van der Waals surface area contributed by atoms with Gasteiger partial charge >= 0.3 is 0 Å². The van der Waals surface area contributed by atoms with Crippen LogP contribution in [0.5, 0.6) is 0 Å². The van der Waals surface area contributed by atoms with Gasteiger partial charge in [-0.25, -0.2) is 0 Å². The molecule has 0 amide bonds. The van der Waals surface area contributed by atoms with E-state index in [0.29, 0.717) is 12.1 Å². The first-order chi connectivity index (χ1) is 10.4. The molecule has 0 saturated heterocycles. The minimum absolute atomic E-state index is 0.229. The second kappa shape index (κ2) is 6.87. The Morgan fingerprint density at radius 2 is 1.59 bits per heavy atom. The number of nitrogens with one attached hydrogen (secondary N) is 1. The molecule has 122 valence electrons. The quantitative estimate of drug-likeness (QED) is 0.726. The summed E-state index contributed by atoms with van der Waals surface area (Å²) in [5.41, 5.74) is 2.93. The average molecular weight is 300 g/mol. The summed E-state index contributed by atoms with van der Waals surface area (Å²) in [6.45, 7) is 14.0. The molecule has 0 aliphatic rings. The van der Waals surface area contributed by atoms with Crippen molar-refractivity contribution in [3.05, 3.63) is 36.0 Å². The van der Waals surface area contributed by atoms with Crippen LogP contribution in [0.3, 0.4) is 0 Å². The number of para-hydroxylation sites is 1. The number of benzene rings is 1. The molecular formula is C20H32N2. The molecule has 2 heteroatoms. The molecule has 0 spiro atoms. The number of nitrogens with zero attached hydrogens (tertiary/aromatic N) is 1. The first kappa shape index (κ1) is 17.1. The van der Waals surface area contributed by atoms with Crippen LogP contribution in [0.4, 0.5) is 0 Å². The minimum Gasteiger partial charge on any atom is -0.361 e. The van der Waals surface area contributed by atoms with E-state index in [1.54, 1.807) is 0 Å². The van der Waals surface area contributed by atoms with Crippen molar-refractivity contribution in [3.8, 4) is 0 Å². The van der Waals surface area contributed by atoms with Crippen LogP contribution in [0.1, 0.15) is 59.9 Å². The molecule has 2 aromatic rings. The van der Waals surface area contributed by atoms with Gasteiger partial charge in [0.05, 0.1) is 0 Å². The molecule has 1 N–H and O–H groups in total. The Morgan fingerprint density at radius 1 is 1.00 bits per heavy atom. The summed E-state index contributed by atoms with van der Waals surface area (Å²) in [6, 6.07) is 9.77. The summed E-state index contributed by atoms with van der Waals surface area (Å²) in [5, 5.41) is 1.38. The second-order valence-corrected chi connectivity index (χ2v) is 7.06. The SMILES string of the molecule is CCC(CC)(Cc1c[nH]c2ccccc12)N(C(C)C)C(C)C. The van der Waals surface area contributed by atoms with Gasteiger partial charge in [-0.05, 0) is 58.6 Å². The topological polar surface area (TPSA) is 19.0 Å². The van der Waals surface area contributed by atoms with Crippen LogP contribution >= 0.6 is 0 Å². The van der Waals surface area contributed by atoms with Gasteiger partial charge in [-0.1, -0.05) is 32.0 Å². The van der Waals surface area contributed by atoms with Crippen LogP contribution < -0.4 is 0 Å². The Hall–Kier alpha value is -1.28. The van der Waals surface area contributed by atoms with Crippen molar-refractivity contribution in [2.24, 2.45) is 0 Å². The number of rotatable bonds is 7. The summed E-state index contributed by atoms with van der Waals surface area (Å²) in [4.78, 5) is 6.15. The lowest BCUT2D eigenvalue weighted by Gasteiger charge is -2.48. The van der Waals surface area contributed by atoms with Gasteiger partial charge in [0, 0.05) is 34.7 Å². The monoisotopic (exact) mass is 300 g/mol. The van der Waals surface area contributed by atoms with Crippen LogP contribution in [-0.2, 0) is 6.42 Å². The number of H-pyrrole nitrogens is 1. The highest BCUT2D eigenvalue weighted by atomic mass is 15.2. The molecule has 0 aliphatic heterocycles. The van der Waals surface area contributed by atoms with Crippen molar-refractivity contribution >= 4 is 10.9 Å². The fraction of sp³-hybridized carbons (Fsp3) is 0.600. The van der Waals surface area contributed by atoms with Gasteiger partial charge in [-0.3, -0.25) is 4.90 Å². The van der Waals surface area contributed by atoms with Crippen LogP contribution in [0.25, 0.3) is 10.9 Å². The van der Waals surface area contributed by atoms with E-state index in [1.165, 1.54) is 29.3 Å². The average Bonchev–Trinajstić information content (AvgIpc) is 2.88. The van der Waals surface area contributed by atoms with Crippen molar-refractivity contribution in [2.75, 3.05) is 0 Å². The van der Waals surface area contributed by atoms with E-state index in [9.17, 15) is 0 Å². The van der Waals surface area contributed by atoms with Crippen LogP contribution in [0.15, 0.2) is 30.5 Å². The molecule has 0 aliphatic carbocycles. The van der Waals surface area contributed by atoms with Crippen LogP contribution in [0, 0.1) is 0 Å². The molecule has 1 aromatic heterocycles. The van der Waals surface area contributed by atoms with Crippen molar-refractivity contribution < 1.29 is 0 Å². The Bertz CT molecular complexity index is 583. The first-order valence-electron chi connectivity index (χ1n) is 8.78. The number of hydrogen-bond acceptors (Lipinski definition) is 1. The van der Waals surface area contributed by atoms with E-state index in [-0.39, 0.29) is 5.54 Å². The third-order valence-corrected chi connectivity index (χ3v) is 5.17. The summed E-state index contributed by atoms with van der Waals surface area (Å²) >= 11 is 0. The molecule has 22 heavy (non-hydrogen) atoms. The summed E-state index contributed by atoms with van der Waals surface area (Å²) < 4.78 is 0. The largest absolute Gasteiger partial charge is 0.361 e. The van der Waals surface area contributed by atoms with Gasteiger partial charge in [-0.2, -0.15) is 0 Å². The zero-order chi connectivity index (χ0) is 16.3. The number of hydrogen-bond donors (Lipinski definition) is 1. The van der Waals surface area contributed by atoms with E-state index in [1.807, 2.05) is 0 Å². The fourth-order valence-electron chi connectivity index (χ4n) is 4.28. The highest BCUT2D eigenvalue weighted by molar-refractivity contribution is 5.83. The van der Waals surface area contributed by atoms with Crippen molar-refractivity contribution in [2.45, 2.75) is 78.4 Å². The highest BCUT2D eigenvalue weighted by Crippen LogP contribution is 2.34. The molecule has 2 rings (SSSR count). The van der Waals surface area contributed by atoms with Gasteiger partial charge in [0.25, 0.3) is 0 Å². The molecule has 0 fully saturated rings. The lowest BCUT2D eigenvalue weighted by molar-refractivity contribution is 0.0181. The zero-order valence-electron chi connectivity index (χ0n) is 15.1. The smallest absolute Gasteiger partial charge is 0.0456 e. The Labute approximate surface area is 135 Å². The predicted molar refractivity (Wildman–Crippen MR) is 97.4 cm³/mol. The number of fused-ring (bicyclic) bond motifs is 1. The fourth-order valence-corrected chi connectivity index (χ4v) is 4.28. The molecule has 1 heterocycles. The second-order valence-electron chi connectivity index (χ2n) is 7.06. The summed E-state index contributed by atoms with van der Waals surface area (Å²) in [6.07, 6.45) is 5.68. The number of aromatic amines is 1.